The summed E-state index contributed by atoms with van der Waals surface area (Å²) in [7, 11) is -4.29. The lowest BCUT2D eigenvalue weighted by atomic mass is 9.92. The van der Waals surface area contributed by atoms with E-state index in [0.29, 0.717) is 0 Å². The second-order valence-electron chi connectivity index (χ2n) is 9.63. The molecule has 0 amide bonds. The zero-order valence-corrected chi connectivity index (χ0v) is 19.8. The summed E-state index contributed by atoms with van der Waals surface area (Å²) >= 11 is 0. The molecular weight excluding hydrogens is 330 g/mol. The molecule has 5 heteroatoms. The predicted molar refractivity (Wildman–Crippen MR) is 111 cm³/mol. The van der Waals surface area contributed by atoms with Crippen molar-refractivity contribution >= 4 is 24.8 Å². The molecular formula is C18H37NOSi3. The van der Waals surface area contributed by atoms with Crippen molar-refractivity contribution in [2.45, 2.75) is 83.8 Å². The van der Waals surface area contributed by atoms with Crippen LogP contribution in [0.4, 0.5) is 0 Å². The topological polar surface area (TPSA) is 12.5 Å². The molecule has 0 saturated heterocycles. The Morgan fingerprint density at radius 2 is 1.57 bits per heavy atom. The number of nitrogens with zero attached hydrogens (tertiary/aromatic N) is 1. The van der Waals surface area contributed by atoms with E-state index in [1.807, 2.05) is 0 Å². The number of hydrogen-bond donors (Lipinski definition) is 0. The maximum atomic E-state index is 6.50. The van der Waals surface area contributed by atoms with Gasteiger partial charge in [0.25, 0.3) is 0 Å². The summed E-state index contributed by atoms with van der Waals surface area (Å²) in [5, 5.41) is 0. The van der Waals surface area contributed by atoms with E-state index in [2.05, 4.69) is 87.1 Å². The van der Waals surface area contributed by atoms with Crippen LogP contribution in [-0.2, 0) is 4.43 Å². The molecule has 1 rings (SSSR count). The van der Waals surface area contributed by atoms with Gasteiger partial charge in [0.15, 0.2) is 8.32 Å². The van der Waals surface area contributed by atoms with Gasteiger partial charge >= 0.3 is 0 Å². The zero-order valence-electron chi connectivity index (χ0n) is 16.8. The molecule has 0 radical (unpaired) electrons. The summed E-state index contributed by atoms with van der Waals surface area (Å²) in [5.41, 5.74) is -0.326. The average Bonchev–Trinajstić information content (AvgIpc) is 2.30. The van der Waals surface area contributed by atoms with Gasteiger partial charge in [0, 0.05) is 6.54 Å². The highest BCUT2D eigenvalue weighted by Crippen LogP contribution is 2.29. The predicted octanol–water partition coefficient (Wildman–Crippen LogP) is 5.29. The molecule has 1 atom stereocenters. The molecule has 1 aliphatic carbocycles. The highest BCUT2D eigenvalue weighted by molar-refractivity contribution is 6.89. The maximum absolute atomic E-state index is 6.50. The van der Waals surface area contributed by atoms with Crippen molar-refractivity contribution < 1.29 is 4.43 Å². The van der Waals surface area contributed by atoms with Crippen LogP contribution in [0.25, 0.3) is 0 Å². The van der Waals surface area contributed by atoms with Crippen molar-refractivity contribution in [2.75, 3.05) is 6.54 Å². The van der Waals surface area contributed by atoms with Crippen molar-refractivity contribution in [3.05, 3.63) is 12.2 Å². The molecule has 0 spiro atoms. The lowest BCUT2D eigenvalue weighted by molar-refractivity contribution is 0.154. The third kappa shape index (κ3) is 7.10. The highest BCUT2D eigenvalue weighted by atomic mass is 28.4. The van der Waals surface area contributed by atoms with Crippen LogP contribution in [0, 0.1) is 11.8 Å². The summed E-state index contributed by atoms with van der Waals surface area (Å²) in [4.78, 5) is 0. The van der Waals surface area contributed by atoms with E-state index >= 15 is 0 Å². The van der Waals surface area contributed by atoms with Crippen LogP contribution in [-0.4, -0.2) is 41.2 Å². The standard InChI is InChI=1S/C18H37NOSi3/c1-21(2,3)19(22(4,5)6)17-13-16-18(20-23(7,8)9)14-11-10-12-15-18/h11,14H,10,12,15,17H2,1-9H3. The molecule has 2 nitrogen and oxygen atoms in total. The summed E-state index contributed by atoms with van der Waals surface area (Å²) in [6.45, 7) is 22.3. The molecule has 0 saturated carbocycles. The van der Waals surface area contributed by atoms with Crippen LogP contribution in [0.3, 0.4) is 0 Å². The fourth-order valence-corrected chi connectivity index (χ4v) is 13.8. The summed E-state index contributed by atoms with van der Waals surface area (Å²) in [5.74, 6) is 7.07. The Labute approximate surface area is 148 Å². The van der Waals surface area contributed by atoms with Crippen molar-refractivity contribution in [1.82, 2.24) is 4.23 Å². The van der Waals surface area contributed by atoms with Gasteiger partial charge in [0.1, 0.15) is 22.1 Å². The quantitative estimate of drug-likeness (QED) is 0.372. The molecule has 0 aromatic carbocycles. The molecule has 0 aromatic rings. The molecule has 0 N–H and O–H groups in total. The molecule has 23 heavy (non-hydrogen) atoms. The van der Waals surface area contributed by atoms with Gasteiger partial charge in [-0.05, 0) is 45.0 Å². The Morgan fingerprint density at radius 1 is 1.00 bits per heavy atom. The second kappa shape index (κ2) is 7.40. The maximum Gasteiger partial charge on any atom is 0.186 e. The molecule has 0 aliphatic heterocycles. The summed E-state index contributed by atoms with van der Waals surface area (Å²) in [6, 6.07) is 0. The van der Waals surface area contributed by atoms with E-state index in [-0.39, 0.29) is 5.60 Å². The molecule has 1 aliphatic rings. The van der Waals surface area contributed by atoms with Crippen molar-refractivity contribution in [2.24, 2.45) is 0 Å². The van der Waals surface area contributed by atoms with E-state index in [1.54, 1.807) is 0 Å². The van der Waals surface area contributed by atoms with Crippen LogP contribution >= 0.6 is 0 Å². The number of hydrogen-bond acceptors (Lipinski definition) is 2. The van der Waals surface area contributed by atoms with Crippen LogP contribution in [0.15, 0.2) is 12.2 Å². The fourth-order valence-electron chi connectivity index (χ4n) is 3.35. The number of allylic oxidation sites excluding steroid dienone is 1. The SMILES string of the molecule is C[Si](C)(C)OC1(C#CCN([Si](C)(C)C)[Si](C)(C)C)C=CCCC1. The lowest BCUT2D eigenvalue weighted by Gasteiger charge is -2.42. The van der Waals surface area contributed by atoms with E-state index in [1.165, 1.54) is 6.42 Å². The Hall–Kier alpha value is -0.129. The van der Waals surface area contributed by atoms with Gasteiger partial charge < -0.3 is 8.66 Å². The Morgan fingerprint density at radius 3 is 1.96 bits per heavy atom. The first-order chi connectivity index (χ1) is 10.3. The first-order valence-electron chi connectivity index (χ1n) is 8.91. The van der Waals surface area contributed by atoms with Crippen LogP contribution in [0.5, 0.6) is 0 Å². The largest absolute Gasteiger partial charge is 0.398 e. The first kappa shape index (κ1) is 20.9. The van der Waals surface area contributed by atoms with Crippen molar-refractivity contribution in [1.29, 1.82) is 0 Å². The normalized spacial score (nSPS) is 22.9. The molecule has 0 aromatic heterocycles. The third-order valence-corrected chi connectivity index (χ3v) is 12.5. The summed E-state index contributed by atoms with van der Waals surface area (Å²) in [6.07, 6.45) is 7.87. The van der Waals surface area contributed by atoms with Crippen LogP contribution < -0.4 is 0 Å². The first-order valence-corrected chi connectivity index (χ1v) is 19.2. The zero-order chi connectivity index (χ0) is 17.9. The van der Waals surface area contributed by atoms with Gasteiger partial charge in [-0.15, -0.1) is 0 Å². The molecule has 0 fully saturated rings. The van der Waals surface area contributed by atoms with Crippen LogP contribution in [0.2, 0.25) is 58.9 Å². The minimum Gasteiger partial charge on any atom is -0.398 e. The lowest BCUT2D eigenvalue weighted by Crippen LogP contribution is -2.59. The van der Waals surface area contributed by atoms with E-state index in [9.17, 15) is 0 Å². The van der Waals surface area contributed by atoms with E-state index in [0.717, 1.165) is 19.4 Å². The molecule has 0 bridgehead atoms. The van der Waals surface area contributed by atoms with Crippen molar-refractivity contribution in [3.63, 3.8) is 0 Å². The summed E-state index contributed by atoms with van der Waals surface area (Å²) < 4.78 is 9.24. The molecule has 132 valence electrons. The van der Waals surface area contributed by atoms with Gasteiger partial charge in [0.2, 0.25) is 0 Å². The van der Waals surface area contributed by atoms with Gasteiger partial charge in [-0.2, -0.15) is 0 Å². The smallest absolute Gasteiger partial charge is 0.186 e. The van der Waals surface area contributed by atoms with E-state index < -0.39 is 24.8 Å². The van der Waals surface area contributed by atoms with Gasteiger partial charge in [0.05, 0.1) is 0 Å². The minimum atomic E-state index is -1.62. The molecule has 0 heterocycles. The highest BCUT2D eigenvalue weighted by Gasteiger charge is 2.35. The van der Waals surface area contributed by atoms with Crippen molar-refractivity contribution in [3.8, 4) is 11.8 Å². The van der Waals surface area contributed by atoms with Gasteiger partial charge in [-0.25, -0.2) is 0 Å². The van der Waals surface area contributed by atoms with Crippen LogP contribution in [0.1, 0.15) is 19.3 Å². The Kier molecular flexibility index (Phi) is 6.73. The third-order valence-electron chi connectivity index (χ3n) is 3.95. The Bertz CT molecular complexity index is 472. The van der Waals surface area contributed by atoms with Gasteiger partial charge in [-0.3, -0.25) is 0 Å². The Balaban J connectivity index is 3.00. The van der Waals surface area contributed by atoms with Gasteiger partial charge in [-0.1, -0.05) is 57.2 Å². The minimum absolute atomic E-state index is 0.326. The fraction of sp³-hybridized carbons (Fsp3) is 0.778. The molecule has 1 unspecified atom stereocenters. The van der Waals surface area contributed by atoms with E-state index in [4.69, 9.17) is 4.43 Å². The number of rotatable bonds is 5. The average molecular weight is 368 g/mol. The second-order valence-corrected chi connectivity index (χ2v) is 24.3. The monoisotopic (exact) mass is 367 g/mol.